The van der Waals surface area contributed by atoms with E-state index in [9.17, 15) is 19.2 Å². The highest BCUT2D eigenvalue weighted by atomic mass is 32.2. The lowest BCUT2D eigenvalue weighted by atomic mass is 10.0. The molecule has 3 heterocycles. The Labute approximate surface area is 219 Å². The normalized spacial score (nSPS) is 19.8. The quantitative estimate of drug-likeness (QED) is 0.202. The molecule has 2 aromatic rings. The van der Waals surface area contributed by atoms with Gasteiger partial charge in [0, 0.05) is 18.4 Å². The van der Waals surface area contributed by atoms with Crippen molar-refractivity contribution in [1.29, 1.82) is 0 Å². The molecule has 4 rings (SSSR count). The first-order chi connectivity index (χ1) is 17.3. The number of hydrogen-bond donors (Lipinski definition) is 2. The molecular weight excluding hydrogens is 526 g/mol. The Morgan fingerprint density at radius 2 is 2.00 bits per heavy atom. The number of hydrogen-bond acceptors (Lipinski definition) is 12. The predicted octanol–water partition coefficient (Wildman–Crippen LogP) is 1.36. The third-order valence-electron chi connectivity index (χ3n) is 5.31. The minimum absolute atomic E-state index is 0.0856. The number of nitrogens with two attached hydrogens (primary N) is 1. The lowest BCUT2D eigenvalue weighted by molar-refractivity contribution is -0.166. The van der Waals surface area contributed by atoms with Crippen molar-refractivity contribution in [3.63, 3.8) is 0 Å². The maximum Gasteiger partial charge on any atom is 0.357 e. The first-order valence-corrected chi connectivity index (χ1v) is 13.6. The number of aryl methyl sites for hydroxylation is 1. The summed E-state index contributed by atoms with van der Waals surface area (Å²) in [6.45, 7) is 2.47. The summed E-state index contributed by atoms with van der Waals surface area (Å²) in [7, 11) is 0. The molecule has 0 bridgehead atoms. The van der Waals surface area contributed by atoms with Crippen molar-refractivity contribution in [1.82, 2.24) is 20.4 Å². The second-order valence-corrected chi connectivity index (χ2v) is 11.3. The lowest BCUT2D eigenvalue weighted by Crippen LogP contribution is -2.71. The summed E-state index contributed by atoms with van der Waals surface area (Å²) in [5.41, 5.74) is 7.45. The van der Waals surface area contributed by atoms with Gasteiger partial charge in [0.05, 0.1) is 0 Å². The molecule has 0 radical (unpaired) electrons. The molecule has 2 amide bonds. The molecule has 190 valence electrons. The van der Waals surface area contributed by atoms with Crippen LogP contribution in [0.15, 0.2) is 45.9 Å². The maximum atomic E-state index is 13.1. The van der Waals surface area contributed by atoms with Gasteiger partial charge in [-0.2, -0.15) is 0 Å². The van der Waals surface area contributed by atoms with Crippen molar-refractivity contribution in [2.75, 3.05) is 18.3 Å². The molecule has 1 fully saturated rings. The molecule has 0 aliphatic carbocycles. The predicted molar refractivity (Wildman–Crippen MR) is 134 cm³/mol. The summed E-state index contributed by atoms with van der Waals surface area (Å²) >= 11 is 4.25. The highest BCUT2D eigenvalue weighted by Crippen LogP contribution is 2.42. The number of rotatable bonds is 9. The smallest absolute Gasteiger partial charge is 0.357 e. The molecule has 3 N–H and O–H groups in total. The molecule has 1 aromatic heterocycles. The largest absolute Gasteiger partial charge is 0.428 e. The zero-order valence-electron chi connectivity index (χ0n) is 19.3. The Hall–Kier alpha value is -2.94. The summed E-state index contributed by atoms with van der Waals surface area (Å²) in [6, 6.07) is 7.06. The summed E-state index contributed by atoms with van der Waals surface area (Å²) in [6.07, 6.45) is 0. The highest BCUT2D eigenvalue weighted by molar-refractivity contribution is 8.01. The number of thioether (sulfide) groups is 2. The van der Waals surface area contributed by atoms with E-state index in [1.165, 1.54) is 46.7 Å². The zero-order chi connectivity index (χ0) is 25.8. The molecule has 11 nitrogen and oxygen atoms in total. The van der Waals surface area contributed by atoms with Gasteiger partial charge in [-0.3, -0.25) is 19.3 Å². The van der Waals surface area contributed by atoms with Gasteiger partial charge in [-0.05, 0) is 18.1 Å². The molecule has 1 aromatic carbocycles. The fraction of sp³-hybridized carbons (Fsp3) is 0.364. The second-order valence-electron chi connectivity index (χ2n) is 7.80. The van der Waals surface area contributed by atoms with Crippen LogP contribution in [0.4, 0.5) is 0 Å². The molecule has 0 spiro atoms. The van der Waals surface area contributed by atoms with Gasteiger partial charge in [0.1, 0.15) is 28.2 Å². The van der Waals surface area contributed by atoms with E-state index in [0.717, 1.165) is 9.35 Å². The topological polar surface area (TPSA) is 154 Å². The van der Waals surface area contributed by atoms with Crippen LogP contribution in [0.25, 0.3) is 0 Å². The zero-order valence-corrected chi connectivity index (χ0v) is 21.8. The van der Waals surface area contributed by atoms with Gasteiger partial charge >= 0.3 is 11.9 Å². The Morgan fingerprint density at radius 3 is 2.67 bits per heavy atom. The minimum Gasteiger partial charge on any atom is -0.428 e. The number of carbonyl (C=O) groups excluding carboxylic acids is 4. The molecule has 0 saturated carbocycles. The van der Waals surface area contributed by atoms with Gasteiger partial charge in [0.25, 0.3) is 5.91 Å². The Morgan fingerprint density at radius 1 is 1.25 bits per heavy atom. The molecule has 2 aliphatic rings. The Balaban J connectivity index is 1.49. The van der Waals surface area contributed by atoms with Crippen LogP contribution in [-0.4, -0.2) is 68.6 Å². The average Bonchev–Trinajstić information content (AvgIpc) is 3.29. The van der Waals surface area contributed by atoms with Crippen molar-refractivity contribution >= 4 is 58.6 Å². The maximum absolute atomic E-state index is 13.1. The minimum atomic E-state index is -0.937. The van der Waals surface area contributed by atoms with Gasteiger partial charge in [-0.1, -0.05) is 53.4 Å². The number of esters is 2. The van der Waals surface area contributed by atoms with Gasteiger partial charge in [0.2, 0.25) is 12.7 Å². The number of fused-ring (bicyclic) bond motifs is 1. The number of ether oxygens (including phenoxy) is 2. The van der Waals surface area contributed by atoms with Crippen LogP contribution < -0.4 is 11.1 Å². The number of nitrogens with zero attached hydrogens (tertiary/aromatic N) is 3. The van der Waals surface area contributed by atoms with Crippen LogP contribution in [0.5, 0.6) is 0 Å². The van der Waals surface area contributed by atoms with E-state index in [-0.39, 0.29) is 5.70 Å². The number of benzene rings is 1. The standard InChI is InChI=1S/C22H23N5O6S3/c1-11-25-26-22(36-11)35-9-14-8-34-20-16(24-18(29)15(23)13-6-4-3-5-7-13)19(30)27(20)17(14)21(31)33-10-32-12(2)28/h3-7,15-16,20H,8-10,23H2,1-2H3,(H,24,29)/t15-,16-,20-/m1/s1. The summed E-state index contributed by atoms with van der Waals surface area (Å²) in [4.78, 5) is 51.2. The van der Waals surface area contributed by atoms with E-state index in [2.05, 4.69) is 15.5 Å². The summed E-state index contributed by atoms with van der Waals surface area (Å²) in [5.74, 6) is -1.52. The number of nitrogens with one attached hydrogen (secondary N) is 1. The average molecular weight is 550 g/mol. The third-order valence-corrected chi connectivity index (χ3v) is 8.71. The molecule has 2 aliphatic heterocycles. The summed E-state index contributed by atoms with van der Waals surface area (Å²) in [5, 5.41) is 11.1. The van der Waals surface area contributed by atoms with Crippen LogP contribution in [0.2, 0.25) is 0 Å². The number of aromatic nitrogens is 2. The molecule has 0 unspecified atom stereocenters. The molecule has 36 heavy (non-hydrogen) atoms. The van der Waals surface area contributed by atoms with Crippen LogP contribution in [0.3, 0.4) is 0 Å². The second kappa shape index (κ2) is 11.4. The highest BCUT2D eigenvalue weighted by Gasteiger charge is 2.54. The van der Waals surface area contributed by atoms with E-state index in [0.29, 0.717) is 22.6 Å². The Bertz CT molecular complexity index is 1200. The van der Waals surface area contributed by atoms with Crippen molar-refractivity contribution in [3.8, 4) is 0 Å². The van der Waals surface area contributed by atoms with E-state index in [4.69, 9.17) is 15.2 Å². The Kier molecular flexibility index (Phi) is 8.28. The van der Waals surface area contributed by atoms with Gasteiger partial charge in [0.15, 0.2) is 4.34 Å². The van der Waals surface area contributed by atoms with Gasteiger partial charge in [-0.25, -0.2) is 4.79 Å². The molecule has 3 atom stereocenters. The van der Waals surface area contributed by atoms with E-state index in [1.807, 2.05) is 13.0 Å². The van der Waals surface area contributed by atoms with Crippen molar-refractivity contribution < 1.29 is 28.7 Å². The first-order valence-electron chi connectivity index (χ1n) is 10.8. The van der Waals surface area contributed by atoms with Crippen LogP contribution in [0.1, 0.15) is 23.5 Å². The number of β-lactam (4-membered cyclic amide) rings is 1. The molecular formula is C22H23N5O6S3. The summed E-state index contributed by atoms with van der Waals surface area (Å²) < 4.78 is 10.6. The number of amides is 2. The van der Waals surface area contributed by atoms with Crippen LogP contribution in [0, 0.1) is 6.92 Å². The monoisotopic (exact) mass is 549 g/mol. The van der Waals surface area contributed by atoms with E-state index in [1.54, 1.807) is 24.3 Å². The fourth-order valence-electron chi connectivity index (χ4n) is 3.56. The SMILES string of the molecule is CC(=O)OCOC(=O)C1=C(CSc2nnc(C)s2)CS[C@@H]2[C@H](NC(=O)[C@H](N)c3ccccc3)C(=O)N12. The van der Waals surface area contributed by atoms with Crippen molar-refractivity contribution in [2.45, 2.75) is 35.6 Å². The molecule has 14 heteroatoms. The van der Waals surface area contributed by atoms with Gasteiger partial charge < -0.3 is 20.5 Å². The van der Waals surface area contributed by atoms with Gasteiger partial charge in [-0.15, -0.1) is 22.0 Å². The van der Waals surface area contributed by atoms with Crippen LogP contribution in [-0.2, 0) is 28.7 Å². The fourth-order valence-corrected chi connectivity index (χ4v) is 6.86. The van der Waals surface area contributed by atoms with E-state index >= 15 is 0 Å². The first kappa shape index (κ1) is 26.1. The van der Waals surface area contributed by atoms with Crippen molar-refractivity contribution in [3.05, 3.63) is 52.2 Å². The number of carbonyl (C=O) groups is 4. The third kappa shape index (κ3) is 5.72. The van der Waals surface area contributed by atoms with Crippen molar-refractivity contribution in [2.24, 2.45) is 5.73 Å². The van der Waals surface area contributed by atoms with Crippen LogP contribution >= 0.6 is 34.9 Å². The molecule has 1 saturated heterocycles. The van der Waals surface area contributed by atoms with E-state index < -0.39 is 48.0 Å². The lowest BCUT2D eigenvalue weighted by Gasteiger charge is -2.49.